The van der Waals surface area contributed by atoms with Gasteiger partial charge in [-0.1, -0.05) is 29.8 Å². The summed E-state index contributed by atoms with van der Waals surface area (Å²) in [4.78, 5) is 12.5. The summed E-state index contributed by atoms with van der Waals surface area (Å²) in [6.45, 7) is 0.170. The molecule has 1 atom stereocenters. The predicted octanol–water partition coefficient (Wildman–Crippen LogP) is 5.72. The second-order valence-corrected chi connectivity index (χ2v) is 10.8. The number of amides is 1. The van der Waals surface area contributed by atoms with Crippen molar-refractivity contribution in [1.29, 1.82) is 0 Å². The fourth-order valence-electron chi connectivity index (χ4n) is 4.29. The third kappa shape index (κ3) is 4.90. The summed E-state index contributed by atoms with van der Waals surface area (Å²) in [5.74, 6) is -0.824. The molecule has 3 N–H and O–H groups in total. The van der Waals surface area contributed by atoms with Crippen molar-refractivity contribution in [3.63, 3.8) is 0 Å². The standard InChI is InChI=1S/C25H21BrClFN4O3S/c26-19-8-1-14(11-20(19)28)9-10-32(36(34)35)22-13-31-21(12-18(22)15-2-3-15)23(25(29)33)24(30-31)16-4-6-17(27)7-5-16/h1,4-8,11-13,15H,2-3,9-10H2,(H2,29,33)(H,34,35). The fourth-order valence-corrected chi connectivity index (χ4v) is 5.23. The van der Waals surface area contributed by atoms with Gasteiger partial charge in [0.15, 0.2) is 0 Å². The minimum absolute atomic E-state index is 0.170. The van der Waals surface area contributed by atoms with Gasteiger partial charge in [-0.15, -0.1) is 0 Å². The number of halogens is 3. The van der Waals surface area contributed by atoms with E-state index in [4.69, 9.17) is 17.3 Å². The molecule has 1 saturated carbocycles. The van der Waals surface area contributed by atoms with Crippen molar-refractivity contribution in [3.8, 4) is 11.3 Å². The fraction of sp³-hybridized carbons (Fsp3) is 0.200. The van der Waals surface area contributed by atoms with Crippen molar-refractivity contribution in [2.45, 2.75) is 25.2 Å². The van der Waals surface area contributed by atoms with Crippen molar-refractivity contribution >= 4 is 55.9 Å². The maximum absolute atomic E-state index is 14.0. The number of anilines is 1. The van der Waals surface area contributed by atoms with E-state index in [-0.39, 0.29) is 18.0 Å². The van der Waals surface area contributed by atoms with E-state index in [2.05, 4.69) is 21.0 Å². The number of rotatable bonds is 8. The molecule has 1 amide bonds. The molecule has 36 heavy (non-hydrogen) atoms. The molecule has 1 aliphatic rings. The number of benzene rings is 2. The van der Waals surface area contributed by atoms with Crippen LogP contribution in [-0.4, -0.2) is 30.8 Å². The zero-order chi connectivity index (χ0) is 25.6. The van der Waals surface area contributed by atoms with E-state index < -0.39 is 23.0 Å². The van der Waals surface area contributed by atoms with E-state index in [0.717, 1.165) is 18.4 Å². The molecule has 1 unspecified atom stereocenters. The summed E-state index contributed by atoms with van der Waals surface area (Å²) in [5.41, 5.74) is 9.71. The van der Waals surface area contributed by atoms with Crippen molar-refractivity contribution in [2.24, 2.45) is 5.73 Å². The molecule has 2 heterocycles. The summed E-state index contributed by atoms with van der Waals surface area (Å²) >= 11 is 6.82. The molecule has 0 saturated heterocycles. The number of nitrogens with zero attached hydrogens (tertiary/aromatic N) is 3. The first kappa shape index (κ1) is 24.9. The second kappa shape index (κ2) is 9.93. The normalized spacial score (nSPS) is 14.2. The predicted molar refractivity (Wildman–Crippen MR) is 142 cm³/mol. The lowest BCUT2D eigenvalue weighted by Gasteiger charge is -2.23. The van der Waals surface area contributed by atoms with Gasteiger partial charge in [0.05, 0.1) is 27.4 Å². The Balaban J connectivity index is 1.60. The molecule has 5 rings (SSSR count). The second-order valence-electron chi connectivity index (χ2n) is 8.64. The Labute approximate surface area is 222 Å². The molecule has 2 aromatic carbocycles. The molecular weight excluding hydrogens is 571 g/mol. The Hall–Kier alpha value is -2.79. The average Bonchev–Trinajstić information content (AvgIpc) is 3.61. The molecular formula is C25H21BrClFN4O3S. The molecule has 1 aliphatic carbocycles. The van der Waals surface area contributed by atoms with Crippen LogP contribution >= 0.6 is 27.5 Å². The first-order valence-corrected chi connectivity index (χ1v) is 13.4. The first-order valence-electron chi connectivity index (χ1n) is 11.2. The van der Waals surface area contributed by atoms with Crippen molar-refractivity contribution < 1.29 is 17.9 Å². The number of nitrogens with two attached hydrogens (primary N) is 1. The third-order valence-electron chi connectivity index (χ3n) is 6.21. The number of hydrogen-bond acceptors (Lipinski definition) is 3. The number of fused-ring (bicyclic) bond motifs is 1. The Morgan fingerprint density at radius 3 is 2.58 bits per heavy atom. The molecule has 0 spiro atoms. The van der Waals surface area contributed by atoms with E-state index >= 15 is 0 Å². The lowest BCUT2D eigenvalue weighted by atomic mass is 10.0. The topological polar surface area (TPSA) is 101 Å². The van der Waals surface area contributed by atoms with Crippen LogP contribution in [0.25, 0.3) is 16.8 Å². The van der Waals surface area contributed by atoms with Crippen LogP contribution in [0.2, 0.25) is 5.02 Å². The molecule has 0 bridgehead atoms. The van der Waals surface area contributed by atoms with Gasteiger partial charge in [0, 0.05) is 17.1 Å². The van der Waals surface area contributed by atoms with Crippen molar-refractivity contribution in [1.82, 2.24) is 9.61 Å². The Morgan fingerprint density at radius 2 is 1.97 bits per heavy atom. The first-order chi connectivity index (χ1) is 17.2. The molecule has 4 aromatic rings. The Morgan fingerprint density at radius 1 is 1.25 bits per heavy atom. The van der Waals surface area contributed by atoms with Gasteiger partial charge >= 0.3 is 0 Å². The SMILES string of the molecule is NC(=O)c1c(-c2ccc(Cl)cc2)nn2cc(N(CCc3ccc(Br)c(F)c3)S(=O)O)c(C3CC3)cc12. The van der Waals surface area contributed by atoms with Gasteiger partial charge in [0.1, 0.15) is 11.5 Å². The van der Waals surface area contributed by atoms with E-state index in [9.17, 15) is 17.9 Å². The molecule has 1 fully saturated rings. The molecule has 7 nitrogen and oxygen atoms in total. The van der Waals surface area contributed by atoms with E-state index in [1.54, 1.807) is 42.6 Å². The van der Waals surface area contributed by atoms with Crippen LogP contribution < -0.4 is 10.0 Å². The smallest absolute Gasteiger partial charge is 0.261 e. The lowest BCUT2D eigenvalue weighted by molar-refractivity contribution is 0.100. The van der Waals surface area contributed by atoms with Gasteiger partial charge in [-0.25, -0.2) is 13.1 Å². The monoisotopic (exact) mass is 590 g/mol. The number of aromatic nitrogens is 2. The third-order valence-corrected chi connectivity index (χ3v) is 7.86. The minimum Gasteiger partial charge on any atom is -0.365 e. The largest absolute Gasteiger partial charge is 0.365 e. The van der Waals surface area contributed by atoms with Gasteiger partial charge in [0.2, 0.25) is 0 Å². The van der Waals surface area contributed by atoms with Crippen LogP contribution in [0.3, 0.4) is 0 Å². The number of hydrogen-bond donors (Lipinski definition) is 2. The molecule has 0 aliphatic heterocycles. The summed E-state index contributed by atoms with van der Waals surface area (Å²) < 4.78 is 39.9. The molecule has 11 heteroatoms. The van der Waals surface area contributed by atoms with E-state index in [1.807, 2.05) is 6.07 Å². The van der Waals surface area contributed by atoms with Gasteiger partial charge in [-0.05, 0) is 82.6 Å². The minimum atomic E-state index is -2.34. The van der Waals surface area contributed by atoms with Gasteiger partial charge in [-0.3, -0.25) is 13.7 Å². The van der Waals surface area contributed by atoms with Crippen LogP contribution in [0.15, 0.2) is 59.2 Å². The molecule has 186 valence electrons. The zero-order valence-corrected chi connectivity index (χ0v) is 22.0. The Kier molecular flexibility index (Phi) is 6.86. The lowest BCUT2D eigenvalue weighted by Crippen LogP contribution is -2.29. The van der Waals surface area contributed by atoms with Crippen molar-refractivity contribution in [2.75, 3.05) is 10.8 Å². The van der Waals surface area contributed by atoms with Crippen LogP contribution in [0.1, 0.15) is 40.2 Å². The number of pyridine rings is 1. The summed E-state index contributed by atoms with van der Waals surface area (Å²) in [5, 5.41) is 5.16. The van der Waals surface area contributed by atoms with Gasteiger partial charge < -0.3 is 5.73 Å². The van der Waals surface area contributed by atoms with Gasteiger partial charge in [-0.2, -0.15) is 5.10 Å². The van der Waals surface area contributed by atoms with E-state index in [1.165, 1.54) is 14.9 Å². The number of carbonyl (C=O) groups excluding carboxylic acids is 1. The van der Waals surface area contributed by atoms with Crippen LogP contribution in [0.5, 0.6) is 0 Å². The van der Waals surface area contributed by atoms with Crippen molar-refractivity contribution in [3.05, 3.63) is 86.7 Å². The Bertz CT molecular complexity index is 1510. The summed E-state index contributed by atoms with van der Waals surface area (Å²) in [6, 6.07) is 13.5. The highest BCUT2D eigenvalue weighted by Gasteiger charge is 2.31. The highest BCUT2D eigenvalue weighted by molar-refractivity contribution is 9.10. The maximum Gasteiger partial charge on any atom is 0.261 e. The highest BCUT2D eigenvalue weighted by atomic mass is 79.9. The maximum atomic E-state index is 14.0. The quantitative estimate of drug-likeness (QED) is 0.256. The average molecular weight is 592 g/mol. The number of carbonyl (C=O) groups is 1. The van der Waals surface area contributed by atoms with Crippen LogP contribution in [0.4, 0.5) is 10.1 Å². The highest BCUT2D eigenvalue weighted by Crippen LogP contribution is 2.46. The summed E-state index contributed by atoms with van der Waals surface area (Å²) in [7, 11) is 0. The van der Waals surface area contributed by atoms with E-state index in [0.29, 0.717) is 43.9 Å². The number of primary amides is 1. The molecule has 2 aromatic heterocycles. The van der Waals surface area contributed by atoms with Crippen LogP contribution in [0, 0.1) is 5.82 Å². The van der Waals surface area contributed by atoms with Gasteiger partial charge in [0.25, 0.3) is 17.2 Å². The van der Waals surface area contributed by atoms with Crippen LogP contribution in [-0.2, 0) is 17.7 Å². The molecule has 0 radical (unpaired) electrons. The zero-order valence-electron chi connectivity index (χ0n) is 18.8. The summed E-state index contributed by atoms with van der Waals surface area (Å²) in [6.07, 6.45) is 3.86.